The molecular formula is C24H25N5O3. The fourth-order valence-electron chi connectivity index (χ4n) is 3.36. The first-order valence-corrected chi connectivity index (χ1v) is 9.78. The second-order valence-corrected chi connectivity index (χ2v) is 7.16. The van der Waals surface area contributed by atoms with Crippen LogP contribution < -0.4 is 11.1 Å². The van der Waals surface area contributed by atoms with Crippen LogP contribution in [0.15, 0.2) is 67.0 Å². The Kier molecular flexibility index (Phi) is 6.84. The first kappa shape index (κ1) is 22.5. The minimum atomic E-state index is -0.838. The lowest BCUT2D eigenvalue weighted by Gasteiger charge is -2.15. The third-order valence-corrected chi connectivity index (χ3v) is 5.02. The Balaban J connectivity index is 0.00000289. The fourth-order valence-corrected chi connectivity index (χ4v) is 3.36. The lowest BCUT2D eigenvalue weighted by Crippen LogP contribution is -2.44. The standard InChI is InChI=1S/C23H21N5O3.CH4/c24-21(30)19(9-6-14-4-7-16(29)8-5-14)27-23(31)17-2-1-3-18-20(17)28-22(26-18)15-10-12-25-13-11-15;/h1-5,7-8,10-13,19,29H,6,9H2,(H2,24,30)(H,26,28)(H,27,31);1H4/t19-;/m0./s1. The normalized spacial score (nSPS) is 11.5. The number of hydrogen-bond acceptors (Lipinski definition) is 5. The summed E-state index contributed by atoms with van der Waals surface area (Å²) >= 11 is 0. The number of aromatic nitrogens is 3. The van der Waals surface area contributed by atoms with E-state index in [-0.39, 0.29) is 13.2 Å². The van der Waals surface area contributed by atoms with E-state index in [1.807, 2.05) is 18.2 Å². The molecule has 2 heterocycles. The van der Waals surface area contributed by atoms with Crippen LogP contribution in [0.5, 0.6) is 5.75 Å². The van der Waals surface area contributed by atoms with Crippen molar-refractivity contribution in [3.05, 3.63) is 78.1 Å². The number of hydrogen-bond donors (Lipinski definition) is 4. The minimum absolute atomic E-state index is 0. The molecule has 2 aromatic heterocycles. The van der Waals surface area contributed by atoms with Crippen molar-refractivity contribution in [3.8, 4) is 17.1 Å². The third-order valence-electron chi connectivity index (χ3n) is 5.02. The van der Waals surface area contributed by atoms with Gasteiger partial charge in [-0.15, -0.1) is 0 Å². The molecule has 0 fully saturated rings. The van der Waals surface area contributed by atoms with Gasteiger partial charge in [0.2, 0.25) is 5.91 Å². The van der Waals surface area contributed by atoms with E-state index in [2.05, 4.69) is 20.3 Å². The number of nitrogens with two attached hydrogens (primary N) is 1. The lowest BCUT2D eigenvalue weighted by molar-refractivity contribution is -0.120. The zero-order chi connectivity index (χ0) is 21.8. The number of carbonyl (C=O) groups is 2. The number of aryl methyl sites for hydroxylation is 1. The number of nitrogens with zero attached hydrogens (tertiary/aromatic N) is 2. The highest BCUT2D eigenvalue weighted by atomic mass is 16.3. The zero-order valence-electron chi connectivity index (χ0n) is 16.6. The van der Waals surface area contributed by atoms with Crippen LogP contribution in [-0.2, 0) is 11.2 Å². The van der Waals surface area contributed by atoms with Gasteiger partial charge in [0.25, 0.3) is 5.91 Å². The Morgan fingerprint density at radius 2 is 1.78 bits per heavy atom. The first-order valence-electron chi connectivity index (χ1n) is 9.78. The number of rotatable bonds is 7. The molecule has 32 heavy (non-hydrogen) atoms. The molecule has 1 atom stereocenters. The smallest absolute Gasteiger partial charge is 0.254 e. The monoisotopic (exact) mass is 431 g/mol. The molecule has 0 aliphatic heterocycles. The average molecular weight is 431 g/mol. The summed E-state index contributed by atoms with van der Waals surface area (Å²) in [5.41, 5.74) is 8.86. The van der Waals surface area contributed by atoms with Gasteiger partial charge in [0, 0.05) is 18.0 Å². The SMILES string of the molecule is C.NC(=O)[C@H](CCc1ccc(O)cc1)NC(=O)c1cccc2[nH]c(-c3ccncc3)nc12. The Labute approximate surface area is 185 Å². The van der Waals surface area contributed by atoms with Crippen LogP contribution >= 0.6 is 0 Å². The maximum absolute atomic E-state index is 13.0. The highest BCUT2D eigenvalue weighted by Gasteiger charge is 2.21. The van der Waals surface area contributed by atoms with E-state index < -0.39 is 17.9 Å². The van der Waals surface area contributed by atoms with Crippen molar-refractivity contribution in [2.24, 2.45) is 5.73 Å². The number of aromatic hydroxyl groups is 1. The number of H-pyrrole nitrogens is 1. The molecule has 4 rings (SSSR count). The first-order chi connectivity index (χ1) is 15.0. The molecule has 0 radical (unpaired) electrons. The number of amides is 2. The van der Waals surface area contributed by atoms with Gasteiger partial charge in [0.05, 0.1) is 11.1 Å². The van der Waals surface area contributed by atoms with Crippen LogP contribution in [0.3, 0.4) is 0 Å². The predicted octanol–water partition coefficient (Wildman–Crippen LogP) is 3.18. The maximum atomic E-state index is 13.0. The number of aromatic amines is 1. The highest BCUT2D eigenvalue weighted by molar-refractivity contribution is 6.06. The van der Waals surface area contributed by atoms with E-state index in [0.717, 1.165) is 11.1 Å². The Bertz CT molecular complexity index is 1220. The van der Waals surface area contributed by atoms with E-state index in [0.29, 0.717) is 35.3 Å². The van der Waals surface area contributed by atoms with Crippen molar-refractivity contribution >= 4 is 22.8 Å². The topological polar surface area (TPSA) is 134 Å². The van der Waals surface area contributed by atoms with Gasteiger partial charge in [-0.2, -0.15) is 0 Å². The quantitative estimate of drug-likeness (QED) is 0.357. The van der Waals surface area contributed by atoms with E-state index in [1.54, 1.807) is 48.8 Å². The van der Waals surface area contributed by atoms with Gasteiger partial charge in [0.1, 0.15) is 23.1 Å². The van der Waals surface area contributed by atoms with E-state index in [4.69, 9.17) is 5.73 Å². The van der Waals surface area contributed by atoms with Crippen molar-refractivity contribution in [1.82, 2.24) is 20.3 Å². The van der Waals surface area contributed by atoms with Crippen molar-refractivity contribution in [2.75, 3.05) is 0 Å². The molecule has 2 amide bonds. The number of imidazole rings is 1. The summed E-state index contributed by atoms with van der Waals surface area (Å²) in [7, 11) is 0. The van der Waals surface area contributed by atoms with Crippen molar-refractivity contribution in [3.63, 3.8) is 0 Å². The van der Waals surface area contributed by atoms with Crippen LogP contribution in [0, 0.1) is 0 Å². The molecule has 4 aromatic rings. The molecule has 0 aliphatic rings. The second kappa shape index (κ2) is 9.74. The van der Waals surface area contributed by atoms with Gasteiger partial charge in [0.15, 0.2) is 0 Å². The van der Waals surface area contributed by atoms with Gasteiger partial charge < -0.3 is 21.1 Å². The largest absolute Gasteiger partial charge is 0.508 e. The number of phenols is 1. The number of carbonyl (C=O) groups excluding carboxylic acids is 2. The van der Waals surface area contributed by atoms with Gasteiger partial charge in [-0.25, -0.2) is 4.98 Å². The van der Waals surface area contributed by atoms with Crippen LogP contribution in [0.1, 0.15) is 29.8 Å². The maximum Gasteiger partial charge on any atom is 0.254 e. The molecule has 0 saturated carbocycles. The minimum Gasteiger partial charge on any atom is -0.508 e. The summed E-state index contributed by atoms with van der Waals surface area (Å²) in [6, 6.07) is 14.7. The molecule has 0 aliphatic carbocycles. The molecule has 0 spiro atoms. The highest BCUT2D eigenvalue weighted by Crippen LogP contribution is 2.22. The molecule has 0 unspecified atom stereocenters. The Morgan fingerprint density at radius 1 is 1.06 bits per heavy atom. The van der Waals surface area contributed by atoms with E-state index in [1.165, 1.54) is 0 Å². The molecule has 8 heteroatoms. The van der Waals surface area contributed by atoms with Gasteiger partial charge in [-0.05, 0) is 54.8 Å². The molecule has 8 nitrogen and oxygen atoms in total. The van der Waals surface area contributed by atoms with Crippen LogP contribution in [0.4, 0.5) is 0 Å². The van der Waals surface area contributed by atoms with Crippen molar-refractivity contribution in [2.45, 2.75) is 26.3 Å². The van der Waals surface area contributed by atoms with Gasteiger partial charge in [-0.3, -0.25) is 14.6 Å². The molecule has 0 bridgehead atoms. The molecule has 164 valence electrons. The molecule has 2 aromatic carbocycles. The fraction of sp³-hybridized carbons (Fsp3) is 0.167. The second-order valence-electron chi connectivity index (χ2n) is 7.16. The molecular weight excluding hydrogens is 406 g/mol. The van der Waals surface area contributed by atoms with Gasteiger partial charge >= 0.3 is 0 Å². The summed E-state index contributed by atoms with van der Waals surface area (Å²) in [4.78, 5) is 36.7. The Morgan fingerprint density at radius 3 is 2.47 bits per heavy atom. The van der Waals surface area contributed by atoms with Crippen LogP contribution in [0.2, 0.25) is 0 Å². The van der Waals surface area contributed by atoms with Crippen LogP contribution in [0.25, 0.3) is 22.4 Å². The average Bonchev–Trinajstić information content (AvgIpc) is 3.22. The summed E-state index contributed by atoms with van der Waals surface area (Å²) in [5.74, 6) is -0.246. The van der Waals surface area contributed by atoms with Crippen LogP contribution in [-0.4, -0.2) is 37.9 Å². The number of benzene rings is 2. The number of primary amides is 1. The summed E-state index contributed by atoms with van der Waals surface area (Å²) in [6.07, 6.45) is 4.20. The van der Waals surface area contributed by atoms with Gasteiger partial charge in [-0.1, -0.05) is 25.6 Å². The number of para-hydroxylation sites is 1. The lowest BCUT2D eigenvalue weighted by atomic mass is 10.0. The number of pyridine rings is 1. The predicted molar refractivity (Wildman–Crippen MR) is 123 cm³/mol. The molecule has 0 saturated heterocycles. The number of fused-ring (bicyclic) bond motifs is 1. The van der Waals surface area contributed by atoms with Crippen molar-refractivity contribution < 1.29 is 14.7 Å². The Hall–Kier alpha value is -4.20. The number of phenolic OH excluding ortho intramolecular Hbond substituents is 1. The third kappa shape index (κ3) is 4.92. The van der Waals surface area contributed by atoms with E-state index >= 15 is 0 Å². The molecule has 5 N–H and O–H groups in total. The summed E-state index contributed by atoms with van der Waals surface area (Å²) in [6.45, 7) is 0. The zero-order valence-corrected chi connectivity index (χ0v) is 16.6. The summed E-state index contributed by atoms with van der Waals surface area (Å²) in [5, 5.41) is 12.1. The number of nitrogens with one attached hydrogen (secondary N) is 2. The van der Waals surface area contributed by atoms with Crippen molar-refractivity contribution in [1.29, 1.82) is 0 Å². The summed E-state index contributed by atoms with van der Waals surface area (Å²) < 4.78 is 0. The van der Waals surface area contributed by atoms with E-state index in [9.17, 15) is 14.7 Å².